The minimum atomic E-state index is -0.254. The third-order valence-corrected chi connectivity index (χ3v) is 5.20. The van der Waals surface area contributed by atoms with Crippen molar-refractivity contribution in [3.63, 3.8) is 0 Å². The monoisotopic (exact) mass is 428 g/mol. The molecule has 0 radical (unpaired) electrons. The molecule has 0 saturated carbocycles. The zero-order chi connectivity index (χ0) is 21.6. The van der Waals surface area contributed by atoms with Crippen molar-refractivity contribution < 1.29 is 9.53 Å². The van der Waals surface area contributed by atoms with Crippen LogP contribution in [0.5, 0.6) is 5.75 Å². The Morgan fingerprint density at radius 3 is 2.65 bits per heavy atom. The van der Waals surface area contributed by atoms with Gasteiger partial charge >= 0.3 is 0 Å². The van der Waals surface area contributed by atoms with Crippen LogP contribution in [0, 0.1) is 6.92 Å². The van der Waals surface area contributed by atoms with Crippen LogP contribution in [0.1, 0.15) is 27.0 Å². The van der Waals surface area contributed by atoms with E-state index in [2.05, 4.69) is 10.5 Å². The van der Waals surface area contributed by atoms with Gasteiger partial charge in [-0.1, -0.05) is 72.3 Å². The van der Waals surface area contributed by atoms with E-state index in [-0.39, 0.29) is 5.91 Å². The van der Waals surface area contributed by atoms with E-state index in [4.69, 9.17) is 16.3 Å². The second kappa shape index (κ2) is 9.45. The Balaban J connectivity index is 1.60. The molecule has 5 heteroatoms. The number of amides is 1. The van der Waals surface area contributed by atoms with Crippen molar-refractivity contribution in [2.24, 2.45) is 5.10 Å². The van der Waals surface area contributed by atoms with Gasteiger partial charge in [0.2, 0.25) is 0 Å². The van der Waals surface area contributed by atoms with Gasteiger partial charge in [-0.05, 0) is 53.1 Å². The predicted molar refractivity (Wildman–Crippen MR) is 126 cm³/mol. The van der Waals surface area contributed by atoms with Crippen LogP contribution in [-0.4, -0.2) is 12.1 Å². The zero-order valence-corrected chi connectivity index (χ0v) is 17.8. The van der Waals surface area contributed by atoms with Crippen molar-refractivity contribution in [3.05, 3.63) is 112 Å². The molecule has 4 aromatic carbocycles. The molecule has 0 spiro atoms. The highest BCUT2D eigenvalue weighted by Gasteiger charge is 2.10. The number of nitrogens with zero attached hydrogens (tertiary/aromatic N) is 1. The molecule has 154 valence electrons. The van der Waals surface area contributed by atoms with Crippen LogP contribution in [0.3, 0.4) is 0 Å². The molecule has 0 fully saturated rings. The van der Waals surface area contributed by atoms with Gasteiger partial charge in [0.1, 0.15) is 12.4 Å². The normalized spacial score (nSPS) is 11.0. The third kappa shape index (κ3) is 4.93. The highest BCUT2D eigenvalue weighted by Crippen LogP contribution is 2.27. The van der Waals surface area contributed by atoms with Crippen LogP contribution < -0.4 is 10.2 Å². The van der Waals surface area contributed by atoms with E-state index in [1.165, 1.54) is 0 Å². The number of hydrazone groups is 1. The SMILES string of the molecule is Cc1ccccc1C(=O)N/N=C\c1c(OCc2cccc(Cl)c2)ccc2ccccc12. The summed E-state index contributed by atoms with van der Waals surface area (Å²) in [5.74, 6) is 0.420. The number of carbonyl (C=O) groups excluding carboxylic acids is 1. The number of rotatable bonds is 6. The largest absolute Gasteiger partial charge is 0.488 e. The zero-order valence-electron chi connectivity index (χ0n) is 17.0. The Hall–Kier alpha value is -3.63. The topological polar surface area (TPSA) is 50.7 Å². The van der Waals surface area contributed by atoms with E-state index in [0.717, 1.165) is 27.5 Å². The quantitative estimate of drug-likeness (QED) is 0.296. The van der Waals surface area contributed by atoms with Crippen molar-refractivity contribution in [2.75, 3.05) is 0 Å². The lowest BCUT2D eigenvalue weighted by molar-refractivity contribution is 0.0954. The molecule has 0 heterocycles. The molecule has 0 bridgehead atoms. The standard InChI is InChI=1S/C26H21ClN2O2/c1-18-7-2-4-11-22(18)26(30)29-28-16-24-23-12-5-3-9-20(23)13-14-25(24)31-17-19-8-6-10-21(27)15-19/h2-16H,17H2,1H3,(H,29,30)/b28-16-. The first-order valence-corrected chi connectivity index (χ1v) is 10.3. The fraction of sp³-hybridized carbons (Fsp3) is 0.0769. The molecule has 1 N–H and O–H groups in total. The summed E-state index contributed by atoms with van der Waals surface area (Å²) >= 11 is 6.08. The molecule has 4 rings (SSSR count). The van der Waals surface area contributed by atoms with Gasteiger partial charge in [0.25, 0.3) is 5.91 Å². The van der Waals surface area contributed by atoms with Crippen LogP contribution in [0.25, 0.3) is 10.8 Å². The summed E-state index contributed by atoms with van der Waals surface area (Å²) in [5.41, 5.74) is 5.87. The number of nitrogens with one attached hydrogen (secondary N) is 1. The summed E-state index contributed by atoms with van der Waals surface area (Å²) in [6.07, 6.45) is 1.63. The minimum Gasteiger partial charge on any atom is -0.488 e. The number of ether oxygens (including phenoxy) is 1. The minimum absolute atomic E-state index is 0.254. The van der Waals surface area contributed by atoms with E-state index in [1.807, 2.05) is 85.8 Å². The van der Waals surface area contributed by atoms with Crippen LogP contribution in [0.2, 0.25) is 5.02 Å². The molecule has 31 heavy (non-hydrogen) atoms. The van der Waals surface area contributed by atoms with E-state index in [0.29, 0.717) is 22.9 Å². The van der Waals surface area contributed by atoms with Gasteiger partial charge in [-0.2, -0.15) is 5.10 Å². The molecule has 4 nitrogen and oxygen atoms in total. The Morgan fingerprint density at radius 1 is 1.00 bits per heavy atom. The molecule has 1 amide bonds. The van der Waals surface area contributed by atoms with Crippen LogP contribution in [0.15, 0.2) is 90.0 Å². The molecule has 0 aromatic heterocycles. The maximum atomic E-state index is 12.5. The summed E-state index contributed by atoms with van der Waals surface area (Å²) in [4.78, 5) is 12.5. The lowest BCUT2D eigenvalue weighted by Gasteiger charge is -2.12. The molecular weight excluding hydrogens is 408 g/mol. The average Bonchev–Trinajstić information content (AvgIpc) is 2.78. The number of fused-ring (bicyclic) bond motifs is 1. The van der Waals surface area contributed by atoms with E-state index >= 15 is 0 Å². The second-order valence-corrected chi connectivity index (χ2v) is 7.57. The predicted octanol–water partition coefficient (Wildman–Crippen LogP) is 6.14. The van der Waals surface area contributed by atoms with Gasteiger partial charge in [-0.3, -0.25) is 4.79 Å². The van der Waals surface area contributed by atoms with Crippen LogP contribution in [0.4, 0.5) is 0 Å². The molecule has 0 aliphatic heterocycles. The first-order chi connectivity index (χ1) is 15.1. The maximum absolute atomic E-state index is 12.5. The van der Waals surface area contributed by atoms with Crippen molar-refractivity contribution in [1.82, 2.24) is 5.43 Å². The highest BCUT2D eigenvalue weighted by molar-refractivity contribution is 6.30. The van der Waals surface area contributed by atoms with E-state index < -0.39 is 0 Å². The first kappa shape index (κ1) is 20.6. The molecule has 0 atom stereocenters. The highest BCUT2D eigenvalue weighted by atomic mass is 35.5. The van der Waals surface area contributed by atoms with Crippen molar-refractivity contribution in [3.8, 4) is 5.75 Å². The smallest absolute Gasteiger partial charge is 0.271 e. The lowest BCUT2D eigenvalue weighted by Crippen LogP contribution is -2.18. The summed E-state index contributed by atoms with van der Waals surface area (Å²) < 4.78 is 6.08. The van der Waals surface area contributed by atoms with Gasteiger partial charge in [-0.15, -0.1) is 0 Å². The number of hydrogen-bond acceptors (Lipinski definition) is 3. The van der Waals surface area contributed by atoms with Gasteiger partial charge in [0, 0.05) is 16.1 Å². The number of halogens is 1. The van der Waals surface area contributed by atoms with Gasteiger partial charge in [-0.25, -0.2) is 5.43 Å². The van der Waals surface area contributed by atoms with E-state index in [1.54, 1.807) is 12.3 Å². The van der Waals surface area contributed by atoms with Gasteiger partial charge < -0.3 is 4.74 Å². The van der Waals surface area contributed by atoms with E-state index in [9.17, 15) is 4.79 Å². The molecule has 4 aromatic rings. The third-order valence-electron chi connectivity index (χ3n) is 4.96. The summed E-state index contributed by atoms with van der Waals surface area (Å²) in [7, 11) is 0. The van der Waals surface area contributed by atoms with Crippen molar-refractivity contribution in [2.45, 2.75) is 13.5 Å². The summed E-state index contributed by atoms with van der Waals surface area (Å²) in [6, 6.07) is 26.9. The van der Waals surface area contributed by atoms with Gasteiger partial charge in [0.05, 0.1) is 6.21 Å². The van der Waals surface area contributed by atoms with Crippen LogP contribution in [-0.2, 0) is 6.61 Å². The maximum Gasteiger partial charge on any atom is 0.271 e. The Kier molecular flexibility index (Phi) is 6.29. The number of carbonyl (C=O) groups is 1. The Bertz CT molecular complexity index is 1270. The average molecular weight is 429 g/mol. The summed E-state index contributed by atoms with van der Waals surface area (Å²) in [6.45, 7) is 2.26. The second-order valence-electron chi connectivity index (χ2n) is 7.13. The molecule has 0 unspecified atom stereocenters. The molecule has 0 aliphatic carbocycles. The molecule has 0 saturated heterocycles. The Morgan fingerprint density at radius 2 is 1.81 bits per heavy atom. The lowest BCUT2D eigenvalue weighted by atomic mass is 10.0. The first-order valence-electron chi connectivity index (χ1n) is 9.90. The van der Waals surface area contributed by atoms with Crippen molar-refractivity contribution >= 4 is 34.5 Å². The Labute approximate surface area is 186 Å². The molecule has 0 aliphatic rings. The van der Waals surface area contributed by atoms with Crippen LogP contribution >= 0.6 is 11.6 Å². The van der Waals surface area contributed by atoms with Gasteiger partial charge in [0.15, 0.2) is 0 Å². The number of hydrogen-bond donors (Lipinski definition) is 1. The number of aryl methyl sites for hydroxylation is 1. The fourth-order valence-corrected chi connectivity index (χ4v) is 3.58. The number of benzene rings is 4. The van der Waals surface area contributed by atoms with Crippen molar-refractivity contribution in [1.29, 1.82) is 0 Å². The fourth-order valence-electron chi connectivity index (χ4n) is 3.37. The molecular formula is C26H21ClN2O2. The summed E-state index contributed by atoms with van der Waals surface area (Å²) in [5, 5.41) is 6.93.